The Hall–Kier alpha value is -0.610. The van der Waals surface area contributed by atoms with Crippen LogP contribution in [0.3, 0.4) is 0 Å². The molecule has 0 aromatic heterocycles. The molecule has 0 heterocycles. The Morgan fingerprint density at radius 2 is 1.94 bits per heavy atom. The Morgan fingerprint density at radius 1 is 1.33 bits per heavy atom. The van der Waals surface area contributed by atoms with Crippen LogP contribution in [0.5, 0.6) is 0 Å². The minimum Gasteiger partial charge on any atom is -0.379 e. The molecule has 1 atom stereocenters. The van der Waals surface area contributed by atoms with E-state index in [0.717, 1.165) is 13.0 Å². The van der Waals surface area contributed by atoms with E-state index in [1.54, 1.807) is 0 Å². The summed E-state index contributed by atoms with van der Waals surface area (Å²) in [7, 11) is 0. The molecule has 0 aliphatic heterocycles. The maximum absolute atomic E-state index is 11.6. The van der Waals surface area contributed by atoms with Crippen LogP contribution in [0.15, 0.2) is 0 Å². The molecule has 0 radical (unpaired) electrons. The molecule has 4 heteroatoms. The van der Waals surface area contributed by atoms with Gasteiger partial charge in [-0.2, -0.15) is 0 Å². The molecule has 1 amide bonds. The van der Waals surface area contributed by atoms with Gasteiger partial charge < -0.3 is 15.8 Å². The van der Waals surface area contributed by atoms with E-state index >= 15 is 0 Å². The first kappa shape index (κ1) is 17.4. The molecular formula is C14H30N2O2. The zero-order chi connectivity index (χ0) is 14.2. The van der Waals surface area contributed by atoms with Crippen LogP contribution >= 0.6 is 0 Å². The number of hydrogen-bond donors (Lipinski definition) is 2. The van der Waals surface area contributed by atoms with E-state index in [1.165, 1.54) is 0 Å². The molecule has 0 aliphatic carbocycles. The Balaban J connectivity index is 3.59. The van der Waals surface area contributed by atoms with Crippen LogP contribution in [-0.2, 0) is 9.53 Å². The van der Waals surface area contributed by atoms with Gasteiger partial charge in [-0.25, -0.2) is 0 Å². The summed E-state index contributed by atoms with van der Waals surface area (Å²) in [4.78, 5) is 11.6. The highest BCUT2D eigenvalue weighted by Gasteiger charge is 2.17. The van der Waals surface area contributed by atoms with Gasteiger partial charge in [0.05, 0.1) is 6.61 Å². The highest BCUT2D eigenvalue weighted by molar-refractivity contribution is 5.76. The topological polar surface area (TPSA) is 64.3 Å². The van der Waals surface area contributed by atoms with E-state index in [2.05, 4.69) is 39.9 Å². The summed E-state index contributed by atoms with van der Waals surface area (Å²) in [5.41, 5.74) is 6.11. The minimum absolute atomic E-state index is 0.0138. The molecule has 0 rings (SSSR count). The summed E-state index contributed by atoms with van der Waals surface area (Å²) in [6.45, 7) is 12.5. The fraction of sp³-hybridized carbons (Fsp3) is 0.929. The lowest BCUT2D eigenvalue weighted by atomic mass is 9.87. The fourth-order valence-corrected chi connectivity index (χ4v) is 1.75. The largest absolute Gasteiger partial charge is 0.379 e. The van der Waals surface area contributed by atoms with E-state index in [0.29, 0.717) is 25.5 Å². The molecule has 3 N–H and O–H groups in total. The first-order valence-electron chi connectivity index (χ1n) is 6.80. The predicted molar refractivity (Wildman–Crippen MR) is 75.3 cm³/mol. The van der Waals surface area contributed by atoms with Gasteiger partial charge in [-0.05, 0) is 17.8 Å². The summed E-state index contributed by atoms with van der Waals surface area (Å²) in [5, 5.41) is 2.83. The number of carbonyl (C=O) groups is 1. The van der Waals surface area contributed by atoms with E-state index in [4.69, 9.17) is 10.5 Å². The number of rotatable bonds is 8. The molecule has 0 fully saturated rings. The molecule has 0 saturated carbocycles. The number of carbonyl (C=O) groups excluding carboxylic acids is 1. The Kier molecular flexibility index (Phi) is 8.20. The molecule has 0 saturated heterocycles. The Labute approximate surface area is 112 Å². The zero-order valence-corrected chi connectivity index (χ0v) is 12.6. The van der Waals surface area contributed by atoms with E-state index in [-0.39, 0.29) is 17.4 Å². The highest BCUT2D eigenvalue weighted by Crippen LogP contribution is 2.20. The standard InChI is InChI=1S/C14H30N2O2/c1-11(2)10-18-7-6-16-13(17)8-12(15)9-14(3,4)5/h11-12H,6-10,15H2,1-5H3,(H,16,17). The van der Waals surface area contributed by atoms with Gasteiger partial charge >= 0.3 is 0 Å². The number of hydrogen-bond acceptors (Lipinski definition) is 3. The molecule has 108 valence electrons. The normalized spacial score (nSPS) is 13.7. The van der Waals surface area contributed by atoms with Crippen LogP contribution in [0.4, 0.5) is 0 Å². The first-order chi connectivity index (χ1) is 8.20. The van der Waals surface area contributed by atoms with Crippen molar-refractivity contribution < 1.29 is 9.53 Å². The van der Waals surface area contributed by atoms with Crippen LogP contribution in [0.2, 0.25) is 0 Å². The third-order valence-electron chi connectivity index (χ3n) is 2.34. The van der Waals surface area contributed by atoms with Crippen molar-refractivity contribution in [2.75, 3.05) is 19.8 Å². The number of ether oxygens (including phenoxy) is 1. The minimum atomic E-state index is -0.0680. The van der Waals surface area contributed by atoms with Crippen molar-refractivity contribution in [2.24, 2.45) is 17.1 Å². The average Bonchev–Trinajstić information content (AvgIpc) is 2.12. The van der Waals surface area contributed by atoms with Crippen molar-refractivity contribution in [2.45, 2.75) is 53.5 Å². The molecule has 0 bridgehead atoms. The molecule has 4 nitrogen and oxygen atoms in total. The van der Waals surface area contributed by atoms with Crippen LogP contribution in [0.1, 0.15) is 47.5 Å². The lowest BCUT2D eigenvalue weighted by Crippen LogP contribution is -2.35. The third-order valence-corrected chi connectivity index (χ3v) is 2.34. The second kappa shape index (κ2) is 8.48. The van der Waals surface area contributed by atoms with Gasteiger partial charge in [0.15, 0.2) is 0 Å². The number of amides is 1. The van der Waals surface area contributed by atoms with Crippen molar-refractivity contribution in [1.82, 2.24) is 5.32 Å². The van der Waals surface area contributed by atoms with Gasteiger partial charge in [-0.1, -0.05) is 34.6 Å². The van der Waals surface area contributed by atoms with Crippen molar-refractivity contribution in [3.8, 4) is 0 Å². The van der Waals surface area contributed by atoms with Gasteiger partial charge in [0.2, 0.25) is 5.91 Å². The van der Waals surface area contributed by atoms with Crippen molar-refractivity contribution in [3.05, 3.63) is 0 Å². The lowest BCUT2D eigenvalue weighted by Gasteiger charge is -2.22. The van der Waals surface area contributed by atoms with Crippen molar-refractivity contribution in [3.63, 3.8) is 0 Å². The molecular weight excluding hydrogens is 228 g/mol. The number of nitrogens with two attached hydrogens (primary N) is 1. The molecule has 0 aliphatic rings. The van der Waals surface area contributed by atoms with Crippen molar-refractivity contribution in [1.29, 1.82) is 0 Å². The third kappa shape index (κ3) is 11.9. The molecule has 18 heavy (non-hydrogen) atoms. The SMILES string of the molecule is CC(C)COCCNC(=O)CC(N)CC(C)(C)C. The lowest BCUT2D eigenvalue weighted by molar-refractivity contribution is -0.121. The van der Waals surface area contributed by atoms with Crippen molar-refractivity contribution >= 4 is 5.91 Å². The fourth-order valence-electron chi connectivity index (χ4n) is 1.75. The summed E-state index contributed by atoms with van der Waals surface area (Å²) < 4.78 is 5.39. The molecule has 1 unspecified atom stereocenters. The first-order valence-corrected chi connectivity index (χ1v) is 6.80. The molecule has 0 spiro atoms. The van der Waals surface area contributed by atoms with Gasteiger partial charge in [-0.3, -0.25) is 4.79 Å². The van der Waals surface area contributed by atoms with Crippen LogP contribution in [-0.4, -0.2) is 31.7 Å². The van der Waals surface area contributed by atoms with Gasteiger partial charge in [0.25, 0.3) is 0 Å². The Morgan fingerprint density at radius 3 is 2.44 bits per heavy atom. The summed E-state index contributed by atoms with van der Waals surface area (Å²) in [6, 6.07) is -0.0680. The zero-order valence-electron chi connectivity index (χ0n) is 12.6. The highest BCUT2D eigenvalue weighted by atomic mass is 16.5. The van der Waals surface area contributed by atoms with E-state index < -0.39 is 0 Å². The second-order valence-electron chi connectivity index (χ2n) is 6.55. The summed E-state index contributed by atoms with van der Waals surface area (Å²) in [5.74, 6) is 0.542. The average molecular weight is 258 g/mol. The summed E-state index contributed by atoms with van der Waals surface area (Å²) >= 11 is 0. The second-order valence-corrected chi connectivity index (χ2v) is 6.55. The van der Waals surface area contributed by atoms with Gasteiger partial charge in [-0.15, -0.1) is 0 Å². The predicted octanol–water partition coefficient (Wildman–Crippen LogP) is 1.93. The molecule has 0 aromatic rings. The summed E-state index contributed by atoms with van der Waals surface area (Å²) in [6.07, 6.45) is 1.24. The number of nitrogens with one attached hydrogen (secondary N) is 1. The van der Waals surface area contributed by atoms with Crippen LogP contribution in [0, 0.1) is 11.3 Å². The van der Waals surface area contributed by atoms with Gasteiger partial charge in [0.1, 0.15) is 0 Å². The molecule has 0 aromatic carbocycles. The smallest absolute Gasteiger partial charge is 0.221 e. The quantitative estimate of drug-likeness (QED) is 0.654. The van der Waals surface area contributed by atoms with Crippen LogP contribution in [0.25, 0.3) is 0 Å². The van der Waals surface area contributed by atoms with Gasteiger partial charge in [0, 0.05) is 25.6 Å². The maximum atomic E-state index is 11.6. The van der Waals surface area contributed by atoms with E-state index in [1.807, 2.05) is 0 Å². The van der Waals surface area contributed by atoms with Crippen LogP contribution < -0.4 is 11.1 Å². The Bertz CT molecular complexity index is 234. The van der Waals surface area contributed by atoms with E-state index in [9.17, 15) is 4.79 Å². The maximum Gasteiger partial charge on any atom is 0.221 e. The monoisotopic (exact) mass is 258 g/mol.